The van der Waals surface area contributed by atoms with E-state index in [2.05, 4.69) is 129 Å². The number of phosphoric ester groups is 1. The summed E-state index contributed by atoms with van der Waals surface area (Å²) in [5, 5.41) is 12.7. The van der Waals surface area contributed by atoms with Crippen LogP contribution in [0.5, 0.6) is 0 Å². The first-order chi connectivity index (χ1) is 30.8. The molecule has 2 atom stereocenters. The number of aliphatic hydroxyl groups is 1. The van der Waals surface area contributed by atoms with Gasteiger partial charge in [0.15, 0.2) is 0 Å². The van der Waals surface area contributed by atoms with Gasteiger partial charge in [0.1, 0.15) is 12.7 Å². The first-order valence-corrected chi connectivity index (χ1v) is 25.5. The number of amides is 1. The predicted octanol–water partition coefficient (Wildman–Crippen LogP) is 14.1. The molecule has 0 saturated heterocycles. The minimum atomic E-state index is -4.45. The van der Waals surface area contributed by atoms with Crippen molar-refractivity contribution in [2.75, 3.05) is 26.4 Å². The van der Waals surface area contributed by atoms with Gasteiger partial charge in [0.05, 0.1) is 13.2 Å². The van der Waals surface area contributed by atoms with Crippen molar-refractivity contribution in [2.24, 2.45) is 0 Å². The second kappa shape index (κ2) is 47.9. The number of carbonyl (C=O) groups is 2. The standard InChI is InChI=1S/C53H86NO8P/c1-3-5-7-9-11-13-15-17-19-21-23-24-25-26-28-29-31-33-35-37-39-41-43-45-52(56)54-47-48-61-63(58,59)62-50-51(55)49-60-53(57)46-44-42-40-38-36-34-32-30-27-22-20-18-16-14-12-10-8-6-4-2/h6,8,11-14,17-20,23-24,26-28,30,34,36,40,42,51,55H,3-5,7,9-10,15-16,21-22,25,29,31-33,35,37-39,41,43-50H2,1-2H3,(H,54,56)(H,58,59)/b8-6-,13-11-,14-12-,19-17-,20-18-,24-23-,28-26-,30-27-,36-34-,42-40-. The summed E-state index contributed by atoms with van der Waals surface area (Å²) in [6, 6.07) is 0. The Morgan fingerprint density at radius 3 is 1.40 bits per heavy atom. The molecule has 0 spiro atoms. The second-order valence-corrected chi connectivity index (χ2v) is 16.8. The molecule has 356 valence electrons. The largest absolute Gasteiger partial charge is 0.472 e. The van der Waals surface area contributed by atoms with Gasteiger partial charge in [-0.05, 0) is 96.3 Å². The highest BCUT2D eigenvalue weighted by Gasteiger charge is 2.23. The molecule has 63 heavy (non-hydrogen) atoms. The number of carbonyl (C=O) groups excluding carboxylic acids is 2. The lowest BCUT2D eigenvalue weighted by Crippen LogP contribution is -2.27. The van der Waals surface area contributed by atoms with Crippen LogP contribution < -0.4 is 5.32 Å². The zero-order valence-corrected chi connectivity index (χ0v) is 40.1. The Morgan fingerprint density at radius 1 is 0.508 bits per heavy atom. The summed E-state index contributed by atoms with van der Waals surface area (Å²) in [5.74, 6) is -0.623. The lowest BCUT2D eigenvalue weighted by Gasteiger charge is -2.15. The maximum atomic E-state index is 12.1. The average molecular weight is 896 g/mol. The number of hydrogen-bond acceptors (Lipinski definition) is 7. The number of rotatable bonds is 43. The Balaban J connectivity index is 3.72. The topological polar surface area (TPSA) is 131 Å². The van der Waals surface area contributed by atoms with Crippen LogP contribution in [-0.4, -0.2) is 54.3 Å². The predicted molar refractivity (Wildman–Crippen MR) is 265 cm³/mol. The highest BCUT2D eigenvalue weighted by molar-refractivity contribution is 7.47. The monoisotopic (exact) mass is 896 g/mol. The zero-order chi connectivity index (χ0) is 46.0. The Morgan fingerprint density at radius 2 is 0.921 bits per heavy atom. The highest BCUT2D eigenvalue weighted by Crippen LogP contribution is 2.42. The van der Waals surface area contributed by atoms with Gasteiger partial charge in [-0.15, -0.1) is 0 Å². The quantitative estimate of drug-likeness (QED) is 0.0239. The first kappa shape index (κ1) is 59.4. The molecule has 10 heteroatoms. The molecular formula is C53H86NO8P. The number of allylic oxidation sites excluding steroid dienone is 20. The Hall–Kier alpha value is -3.59. The molecule has 0 bridgehead atoms. The SMILES string of the molecule is CC/C=C\C/C=C\C/C=C\C/C=C\C/C=C\C/C=C\CCC(=O)OCC(O)COP(=O)(O)OCCNC(=O)CCCCCCCCC/C=C\C/C=C\C/C=C\C/C=C\CCCCC. The minimum absolute atomic E-state index is 0.0586. The Kier molecular flexibility index (Phi) is 45.2. The molecule has 0 aromatic rings. The van der Waals surface area contributed by atoms with E-state index in [1.54, 1.807) is 0 Å². The van der Waals surface area contributed by atoms with E-state index < -0.39 is 26.5 Å². The summed E-state index contributed by atoms with van der Waals surface area (Å²) < 4.78 is 26.9. The first-order valence-electron chi connectivity index (χ1n) is 24.0. The molecule has 0 aliphatic heterocycles. The Bertz CT molecular complexity index is 1440. The van der Waals surface area contributed by atoms with Gasteiger partial charge < -0.3 is 20.1 Å². The molecule has 0 aliphatic rings. The van der Waals surface area contributed by atoms with Crippen molar-refractivity contribution in [1.29, 1.82) is 0 Å². The molecule has 0 radical (unpaired) electrons. The van der Waals surface area contributed by atoms with E-state index in [4.69, 9.17) is 13.8 Å². The van der Waals surface area contributed by atoms with Gasteiger partial charge in [-0.3, -0.25) is 18.6 Å². The maximum Gasteiger partial charge on any atom is 0.472 e. The van der Waals surface area contributed by atoms with Crippen molar-refractivity contribution in [1.82, 2.24) is 5.32 Å². The van der Waals surface area contributed by atoms with E-state index in [0.29, 0.717) is 12.8 Å². The van der Waals surface area contributed by atoms with Gasteiger partial charge in [-0.1, -0.05) is 180 Å². The van der Waals surface area contributed by atoms with Crippen LogP contribution in [0.25, 0.3) is 0 Å². The number of phosphoric acid groups is 1. The molecule has 0 fully saturated rings. The van der Waals surface area contributed by atoms with Crippen LogP contribution in [0.4, 0.5) is 0 Å². The van der Waals surface area contributed by atoms with Crippen molar-refractivity contribution >= 4 is 19.7 Å². The van der Waals surface area contributed by atoms with E-state index in [1.165, 1.54) is 44.9 Å². The van der Waals surface area contributed by atoms with Crippen molar-refractivity contribution in [3.05, 3.63) is 122 Å². The van der Waals surface area contributed by atoms with Gasteiger partial charge in [0.2, 0.25) is 5.91 Å². The van der Waals surface area contributed by atoms with Gasteiger partial charge in [-0.2, -0.15) is 0 Å². The minimum Gasteiger partial charge on any atom is -0.463 e. The lowest BCUT2D eigenvalue weighted by atomic mass is 10.1. The van der Waals surface area contributed by atoms with Crippen molar-refractivity contribution in [3.8, 4) is 0 Å². The summed E-state index contributed by atoms with van der Waals surface area (Å²) >= 11 is 0. The van der Waals surface area contributed by atoms with Gasteiger partial charge >= 0.3 is 13.8 Å². The highest BCUT2D eigenvalue weighted by atomic mass is 31.2. The number of esters is 1. The van der Waals surface area contributed by atoms with E-state index in [0.717, 1.165) is 89.9 Å². The molecular weight excluding hydrogens is 810 g/mol. The fraction of sp³-hybridized carbons (Fsp3) is 0.585. The van der Waals surface area contributed by atoms with Crippen LogP contribution in [0.2, 0.25) is 0 Å². The Labute approximate surface area is 383 Å². The van der Waals surface area contributed by atoms with Crippen LogP contribution >= 0.6 is 7.82 Å². The molecule has 0 aliphatic carbocycles. The van der Waals surface area contributed by atoms with Crippen LogP contribution in [0.1, 0.15) is 168 Å². The summed E-state index contributed by atoms with van der Waals surface area (Å²) in [4.78, 5) is 34.0. The van der Waals surface area contributed by atoms with Crippen LogP contribution in [0.15, 0.2) is 122 Å². The van der Waals surface area contributed by atoms with Crippen molar-refractivity contribution in [3.63, 3.8) is 0 Å². The molecule has 0 saturated carbocycles. The fourth-order valence-corrected chi connectivity index (χ4v) is 6.56. The van der Waals surface area contributed by atoms with E-state index in [-0.39, 0.29) is 32.1 Å². The third-order valence-electron chi connectivity index (χ3n) is 9.39. The number of nitrogens with one attached hydrogen (secondary N) is 1. The van der Waals surface area contributed by atoms with E-state index >= 15 is 0 Å². The fourth-order valence-electron chi connectivity index (χ4n) is 5.80. The third kappa shape index (κ3) is 49.3. The number of aliphatic hydroxyl groups excluding tert-OH is 1. The van der Waals surface area contributed by atoms with Crippen LogP contribution in [0.3, 0.4) is 0 Å². The number of hydrogen-bond donors (Lipinski definition) is 3. The zero-order valence-electron chi connectivity index (χ0n) is 39.2. The van der Waals surface area contributed by atoms with Crippen molar-refractivity contribution in [2.45, 2.75) is 174 Å². The molecule has 0 heterocycles. The molecule has 3 N–H and O–H groups in total. The molecule has 1 amide bonds. The number of ether oxygens (including phenoxy) is 1. The maximum absolute atomic E-state index is 12.1. The smallest absolute Gasteiger partial charge is 0.463 e. The molecule has 0 aromatic carbocycles. The molecule has 2 unspecified atom stereocenters. The van der Waals surface area contributed by atoms with Crippen molar-refractivity contribution < 1.29 is 37.9 Å². The van der Waals surface area contributed by atoms with Gasteiger partial charge in [0, 0.05) is 19.4 Å². The normalized spacial score (nSPS) is 14.3. The summed E-state index contributed by atoms with van der Waals surface area (Å²) in [5.41, 5.74) is 0. The summed E-state index contributed by atoms with van der Waals surface area (Å²) in [6.45, 7) is 3.29. The third-order valence-corrected chi connectivity index (χ3v) is 10.4. The summed E-state index contributed by atoms with van der Waals surface area (Å²) in [6.07, 6.45) is 65.7. The van der Waals surface area contributed by atoms with Gasteiger partial charge in [0.25, 0.3) is 0 Å². The van der Waals surface area contributed by atoms with Crippen LogP contribution in [0, 0.1) is 0 Å². The molecule has 0 aromatic heterocycles. The molecule has 0 rings (SSSR count). The lowest BCUT2D eigenvalue weighted by molar-refractivity contribution is -0.147. The number of unbranched alkanes of at least 4 members (excludes halogenated alkanes) is 10. The van der Waals surface area contributed by atoms with Gasteiger partial charge in [-0.25, -0.2) is 4.57 Å². The second-order valence-electron chi connectivity index (χ2n) is 15.3. The average Bonchev–Trinajstić information content (AvgIpc) is 3.27. The summed E-state index contributed by atoms with van der Waals surface area (Å²) in [7, 11) is -4.45. The molecule has 9 nitrogen and oxygen atoms in total. The van der Waals surface area contributed by atoms with E-state index in [9.17, 15) is 24.2 Å². The van der Waals surface area contributed by atoms with Crippen LogP contribution in [-0.2, 0) is 27.9 Å². The van der Waals surface area contributed by atoms with E-state index in [1.807, 2.05) is 12.2 Å².